The largest absolute Gasteiger partial charge is 0.351 e. The van der Waals surface area contributed by atoms with E-state index in [2.05, 4.69) is 10.2 Å². The summed E-state index contributed by atoms with van der Waals surface area (Å²) in [7, 11) is 2.04. The summed E-state index contributed by atoms with van der Waals surface area (Å²) in [6.07, 6.45) is 3.39. The van der Waals surface area contributed by atoms with Gasteiger partial charge in [-0.2, -0.15) is 0 Å². The van der Waals surface area contributed by atoms with Gasteiger partial charge in [-0.05, 0) is 26.3 Å². The molecule has 62 valence electrons. The molecule has 0 radical (unpaired) electrons. The van der Waals surface area contributed by atoms with E-state index in [0.29, 0.717) is 6.04 Å². The third-order valence-electron chi connectivity index (χ3n) is 2.72. The fraction of sp³-hybridized carbons (Fsp3) is 0.875. The number of carbonyl (C=O) groups is 1. The van der Waals surface area contributed by atoms with Crippen LogP contribution in [0.1, 0.15) is 19.3 Å². The highest BCUT2D eigenvalue weighted by Crippen LogP contribution is 2.20. The Morgan fingerprint density at radius 1 is 1.55 bits per heavy atom. The van der Waals surface area contributed by atoms with Gasteiger partial charge in [-0.15, -0.1) is 0 Å². The minimum absolute atomic E-state index is 0.161. The number of hydrogen-bond donors (Lipinski definition) is 1. The molecule has 1 N–H and O–H groups in total. The number of nitrogens with zero attached hydrogens (tertiary/aromatic N) is 1. The number of amides is 1. The standard InChI is InChI=1S/C8H14N2O/c1-10-5-6-3-2-4-7(10)8(11)9-6/h6-7H,2-5H2,1H3,(H,9,11). The molecule has 3 saturated heterocycles. The van der Waals surface area contributed by atoms with Crippen LogP contribution in [-0.2, 0) is 4.79 Å². The third kappa shape index (κ3) is 1.13. The molecule has 0 saturated carbocycles. The predicted octanol–water partition coefficient (Wildman–Crippen LogP) is -0.0309. The molecule has 3 aliphatic heterocycles. The number of rotatable bonds is 0. The zero-order valence-electron chi connectivity index (χ0n) is 6.84. The number of carbonyl (C=O) groups excluding carboxylic acids is 1. The Morgan fingerprint density at radius 3 is 3.09 bits per heavy atom. The van der Waals surface area contributed by atoms with Gasteiger partial charge in [0.25, 0.3) is 0 Å². The van der Waals surface area contributed by atoms with Gasteiger partial charge in [-0.1, -0.05) is 0 Å². The molecule has 0 aliphatic carbocycles. The van der Waals surface area contributed by atoms with Crippen LogP contribution < -0.4 is 5.32 Å². The van der Waals surface area contributed by atoms with Gasteiger partial charge in [0.05, 0.1) is 6.04 Å². The van der Waals surface area contributed by atoms with Crippen LogP contribution in [0, 0.1) is 0 Å². The van der Waals surface area contributed by atoms with Crippen molar-refractivity contribution < 1.29 is 4.79 Å². The highest BCUT2D eigenvalue weighted by molar-refractivity contribution is 5.83. The summed E-state index contributed by atoms with van der Waals surface area (Å²) in [6, 6.07) is 0.583. The smallest absolute Gasteiger partial charge is 0.237 e. The summed E-state index contributed by atoms with van der Waals surface area (Å²) in [5.41, 5.74) is 0. The van der Waals surface area contributed by atoms with E-state index in [4.69, 9.17) is 0 Å². The number of fused-ring (bicyclic) bond motifs is 4. The second-order valence-corrected chi connectivity index (χ2v) is 3.59. The first-order valence-corrected chi connectivity index (χ1v) is 4.28. The molecule has 0 aromatic carbocycles. The van der Waals surface area contributed by atoms with Crippen molar-refractivity contribution >= 4 is 5.91 Å². The van der Waals surface area contributed by atoms with E-state index in [9.17, 15) is 4.79 Å². The van der Waals surface area contributed by atoms with E-state index >= 15 is 0 Å². The molecule has 3 nitrogen and oxygen atoms in total. The molecular weight excluding hydrogens is 140 g/mol. The maximum absolute atomic E-state index is 11.3. The Balaban J connectivity index is 2.20. The first kappa shape index (κ1) is 7.10. The van der Waals surface area contributed by atoms with E-state index in [0.717, 1.165) is 19.4 Å². The van der Waals surface area contributed by atoms with Gasteiger partial charge in [0.1, 0.15) is 0 Å². The maximum Gasteiger partial charge on any atom is 0.237 e. The number of likely N-dealkylation sites (N-methyl/N-ethyl adjacent to an activating group) is 1. The molecular formula is C8H14N2O. The first-order valence-electron chi connectivity index (χ1n) is 4.28. The van der Waals surface area contributed by atoms with Crippen molar-refractivity contribution in [3.8, 4) is 0 Å². The summed E-state index contributed by atoms with van der Waals surface area (Å²) >= 11 is 0. The molecule has 2 unspecified atom stereocenters. The van der Waals surface area contributed by atoms with Crippen LogP contribution in [0.15, 0.2) is 0 Å². The van der Waals surface area contributed by atoms with Gasteiger partial charge in [-0.3, -0.25) is 9.69 Å². The summed E-state index contributed by atoms with van der Waals surface area (Å²) in [5.74, 6) is 0.237. The SMILES string of the molecule is CN1CC2CCCC1C(=O)N2. The van der Waals surface area contributed by atoms with Crippen LogP contribution in [-0.4, -0.2) is 36.5 Å². The predicted molar refractivity (Wildman–Crippen MR) is 42.2 cm³/mol. The van der Waals surface area contributed by atoms with Crippen LogP contribution in [0.4, 0.5) is 0 Å². The molecule has 2 bridgehead atoms. The molecule has 3 heteroatoms. The minimum atomic E-state index is 0.161. The minimum Gasteiger partial charge on any atom is -0.351 e. The Morgan fingerprint density at radius 2 is 2.36 bits per heavy atom. The van der Waals surface area contributed by atoms with Gasteiger partial charge in [-0.25, -0.2) is 0 Å². The lowest BCUT2D eigenvalue weighted by Gasteiger charge is -2.33. The molecule has 0 spiro atoms. The van der Waals surface area contributed by atoms with E-state index in [1.807, 2.05) is 7.05 Å². The Labute approximate surface area is 66.8 Å². The molecule has 2 atom stereocenters. The average Bonchev–Trinajstić information content (AvgIpc) is 2.18. The first-order chi connectivity index (χ1) is 5.27. The Bertz CT molecular complexity index is 181. The van der Waals surface area contributed by atoms with Gasteiger partial charge >= 0.3 is 0 Å². The zero-order valence-corrected chi connectivity index (χ0v) is 6.84. The lowest BCUT2D eigenvalue weighted by atomic mass is 10.1. The zero-order chi connectivity index (χ0) is 7.84. The van der Waals surface area contributed by atoms with E-state index in [-0.39, 0.29) is 11.9 Å². The maximum atomic E-state index is 11.3. The highest BCUT2D eigenvalue weighted by Gasteiger charge is 2.34. The lowest BCUT2D eigenvalue weighted by molar-refractivity contribution is -0.129. The highest BCUT2D eigenvalue weighted by atomic mass is 16.2. The van der Waals surface area contributed by atoms with E-state index in [1.54, 1.807) is 0 Å². The monoisotopic (exact) mass is 154 g/mol. The lowest BCUT2D eigenvalue weighted by Crippen LogP contribution is -2.56. The topological polar surface area (TPSA) is 32.3 Å². The summed E-state index contributed by atoms with van der Waals surface area (Å²) in [5, 5.41) is 3.03. The summed E-state index contributed by atoms with van der Waals surface area (Å²) in [4.78, 5) is 13.5. The van der Waals surface area contributed by atoms with Gasteiger partial charge in [0.2, 0.25) is 5.91 Å². The van der Waals surface area contributed by atoms with Crippen LogP contribution in [0.2, 0.25) is 0 Å². The van der Waals surface area contributed by atoms with Crippen LogP contribution in [0.3, 0.4) is 0 Å². The van der Waals surface area contributed by atoms with Crippen molar-refractivity contribution in [1.29, 1.82) is 0 Å². The Hall–Kier alpha value is -0.570. The number of piperazine rings is 1. The second-order valence-electron chi connectivity index (χ2n) is 3.59. The van der Waals surface area contributed by atoms with Crippen molar-refractivity contribution in [2.75, 3.05) is 13.6 Å². The molecule has 11 heavy (non-hydrogen) atoms. The fourth-order valence-electron chi connectivity index (χ4n) is 2.09. The summed E-state index contributed by atoms with van der Waals surface area (Å²) < 4.78 is 0. The fourth-order valence-corrected chi connectivity index (χ4v) is 2.09. The third-order valence-corrected chi connectivity index (χ3v) is 2.72. The number of nitrogens with one attached hydrogen (secondary N) is 1. The van der Waals surface area contributed by atoms with Crippen molar-refractivity contribution in [2.24, 2.45) is 0 Å². The summed E-state index contributed by atoms with van der Waals surface area (Å²) in [6.45, 7) is 1.04. The molecule has 3 aliphatic rings. The van der Waals surface area contributed by atoms with Gasteiger partial charge in [0.15, 0.2) is 0 Å². The molecule has 3 rings (SSSR count). The quantitative estimate of drug-likeness (QED) is 0.531. The normalized spacial score (nSPS) is 38.5. The molecule has 0 aromatic heterocycles. The van der Waals surface area contributed by atoms with Crippen LogP contribution in [0.5, 0.6) is 0 Å². The molecule has 3 heterocycles. The van der Waals surface area contributed by atoms with Crippen molar-refractivity contribution in [1.82, 2.24) is 10.2 Å². The second kappa shape index (κ2) is 2.48. The van der Waals surface area contributed by atoms with Crippen molar-refractivity contribution in [3.05, 3.63) is 0 Å². The molecule has 3 fully saturated rings. The van der Waals surface area contributed by atoms with Gasteiger partial charge < -0.3 is 5.32 Å². The van der Waals surface area contributed by atoms with Crippen LogP contribution >= 0.6 is 0 Å². The van der Waals surface area contributed by atoms with Gasteiger partial charge in [0, 0.05) is 12.6 Å². The molecule has 1 amide bonds. The number of hydrogen-bond acceptors (Lipinski definition) is 2. The van der Waals surface area contributed by atoms with Crippen molar-refractivity contribution in [3.63, 3.8) is 0 Å². The molecule has 0 aromatic rings. The van der Waals surface area contributed by atoms with E-state index in [1.165, 1.54) is 6.42 Å². The van der Waals surface area contributed by atoms with Crippen LogP contribution in [0.25, 0.3) is 0 Å². The average molecular weight is 154 g/mol. The van der Waals surface area contributed by atoms with Crippen molar-refractivity contribution in [2.45, 2.75) is 31.3 Å². The Kier molecular flexibility index (Phi) is 1.60. The van der Waals surface area contributed by atoms with E-state index < -0.39 is 0 Å².